The van der Waals surface area contributed by atoms with Gasteiger partial charge in [0.05, 0.1) is 17.8 Å². The van der Waals surface area contributed by atoms with Crippen molar-refractivity contribution in [3.05, 3.63) is 92.3 Å². The van der Waals surface area contributed by atoms with Crippen LogP contribution in [0, 0.1) is 25.2 Å². The number of carbonyl (C=O) groups excluding carboxylic acids is 2. The highest BCUT2D eigenvalue weighted by molar-refractivity contribution is 5.95. The Balaban J connectivity index is 1.64. The number of pyridine rings is 1. The zero-order chi connectivity index (χ0) is 31.7. The van der Waals surface area contributed by atoms with Crippen LogP contribution in [-0.4, -0.2) is 58.1 Å². The van der Waals surface area contributed by atoms with Crippen molar-refractivity contribution in [3.63, 3.8) is 0 Å². The van der Waals surface area contributed by atoms with Gasteiger partial charge in [-0.25, -0.2) is 4.79 Å². The van der Waals surface area contributed by atoms with Gasteiger partial charge in [-0.05, 0) is 69.5 Å². The lowest BCUT2D eigenvalue weighted by atomic mass is 10.0. The number of nitriles is 1. The normalized spacial score (nSPS) is 13.9. The molecule has 8 nitrogen and oxygen atoms in total. The summed E-state index contributed by atoms with van der Waals surface area (Å²) in [5.41, 5.74) is -0.842. The van der Waals surface area contributed by atoms with Gasteiger partial charge in [0.15, 0.2) is 0 Å². The number of piperazine rings is 1. The Morgan fingerprint density at radius 1 is 0.930 bits per heavy atom. The molecule has 0 bridgehead atoms. The predicted molar refractivity (Wildman–Crippen MR) is 155 cm³/mol. The fourth-order valence-corrected chi connectivity index (χ4v) is 4.95. The third-order valence-corrected chi connectivity index (χ3v) is 7.19. The molecule has 0 unspecified atom stereocenters. The van der Waals surface area contributed by atoms with Crippen molar-refractivity contribution in [1.82, 2.24) is 14.4 Å². The van der Waals surface area contributed by atoms with Crippen molar-refractivity contribution < 1.29 is 27.5 Å². The van der Waals surface area contributed by atoms with E-state index in [-0.39, 0.29) is 23.7 Å². The van der Waals surface area contributed by atoms with Crippen LogP contribution < -0.4 is 5.56 Å². The zero-order valence-corrected chi connectivity index (χ0v) is 24.7. The smallest absolute Gasteiger partial charge is 0.417 e. The van der Waals surface area contributed by atoms with E-state index in [1.54, 1.807) is 31.7 Å². The molecule has 1 saturated heterocycles. The van der Waals surface area contributed by atoms with E-state index in [4.69, 9.17) is 4.74 Å². The van der Waals surface area contributed by atoms with Crippen molar-refractivity contribution in [2.45, 2.75) is 52.9 Å². The van der Waals surface area contributed by atoms with Crippen LogP contribution >= 0.6 is 0 Å². The Kier molecular flexibility index (Phi) is 8.71. The van der Waals surface area contributed by atoms with Gasteiger partial charge in [0.25, 0.3) is 11.5 Å². The quantitative estimate of drug-likeness (QED) is 0.383. The van der Waals surface area contributed by atoms with Crippen LogP contribution in [0.5, 0.6) is 0 Å². The molecule has 1 aliphatic heterocycles. The van der Waals surface area contributed by atoms with Crippen molar-refractivity contribution in [2.24, 2.45) is 0 Å². The van der Waals surface area contributed by atoms with Gasteiger partial charge in [-0.3, -0.25) is 9.59 Å². The fraction of sp³-hybridized carbons (Fsp3) is 0.375. The van der Waals surface area contributed by atoms with Gasteiger partial charge in [-0.1, -0.05) is 35.9 Å². The fourth-order valence-electron chi connectivity index (χ4n) is 4.95. The molecule has 11 heteroatoms. The molecule has 2 aromatic carbocycles. The topological polar surface area (TPSA) is 95.6 Å². The lowest BCUT2D eigenvalue weighted by Crippen LogP contribution is -2.51. The van der Waals surface area contributed by atoms with Crippen LogP contribution in [-0.2, 0) is 17.5 Å². The van der Waals surface area contributed by atoms with E-state index in [1.807, 2.05) is 26.0 Å². The molecular formula is C32H33F3N4O4. The summed E-state index contributed by atoms with van der Waals surface area (Å²) < 4.78 is 48.4. The molecule has 4 rings (SSSR count). The number of aromatic nitrogens is 1. The first-order valence-corrected chi connectivity index (χ1v) is 13.8. The monoisotopic (exact) mass is 594 g/mol. The molecular weight excluding hydrogens is 561 g/mol. The SMILES string of the molecule is Cc1ccc(Cn2c(-c3ccc(C(=O)N4CCN(C(=O)OC(C)(C)C)CC4)cc3)cc(C(F)(F)F)c(C#N)c2=O)c(C)c1. The lowest BCUT2D eigenvalue weighted by molar-refractivity contribution is -0.137. The Morgan fingerprint density at radius 2 is 1.53 bits per heavy atom. The standard InChI is InChI=1S/C32H33F3N4O4/c1-20-6-7-24(21(2)16-20)19-39-27(17-26(32(33,34)35)25(18-36)29(39)41)22-8-10-23(11-9-22)28(40)37-12-14-38(15-13-37)30(42)43-31(3,4)5/h6-11,16-17H,12-15,19H2,1-5H3. The van der Waals surface area contributed by atoms with Gasteiger partial charge in [0.2, 0.25) is 0 Å². The molecule has 0 saturated carbocycles. The minimum Gasteiger partial charge on any atom is -0.444 e. The Morgan fingerprint density at radius 3 is 2.07 bits per heavy atom. The maximum Gasteiger partial charge on any atom is 0.417 e. The van der Waals surface area contributed by atoms with Gasteiger partial charge in [0.1, 0.15) is 17.2 Å². The van der Waals surface area contributed by atoms with E-state index >= 15 is 0 Å². The summed E-state index contributed by atoms with van der Waals surface area (Å²) in [5.74, 6) is -0.293. The molecule has 0 N–H and O–H groups in total. The van der Waals surface area contributed by atoms with Crippen molar-refractivity contribution >= 4 is 12.0 Å². The van der Waals surface area contributed by atoms with E-state index < -0.39 is 34.6 Å². The molecule has 1 fully saturated rings. The van der Waals surface area contributed by atoms with E-state index in [9.17, 15) is 32.8 Å². The maximum absolute atomic E-state index is 13.9. The van der Waals surface area contributed by atoms with E-state index in [0.717, 1.165) is 27.3 Å². The summed E-state index contributed by atoms with van der Waals surface area (Å²) in [6.07, 6.45) is -5.37. The summed E-state index contributed by atoms with van der Waals surface area (Å²) in [4.78, 5) is 42.0. The van der Waals surface area contributed by atoms with Crippen LogP contribution in [0.1, 0.15) is 58.9 Å². The molecule has 2 heterocycles. The highest BCUT2D eigenvalue weighted by Gasteiger charge is 2.37. The average molecular weight is 595 g/mol. The number of hydrogen-bond donors (Lipinski definition) is 0. The van der Waals surface area contributed by atoms with Gasteiger partial charge >= 0.3 is 12.3 Å². The highest BCUT2D eigenvalue weighted by Crippen LogP contribution is 2.34. The first kappa shape index (κ1) is 31.3. The van der Waals surface area contributed by atoms with Crippen molar-refractivity contribution in [3.8, 4) is 17.3 Å². The zero-order valence-electron chi connectivity index (χ0n) is 24.7. The van der Waals surface area contributed by atoms with Crippen molar-refractivity contribution in [2.75, 3.05) is 26.2 Å². The van der Waals surface area contributed by atoms with Gasteiger partial charge in [-0.2, -0.15) is 18.4 Å². The molecule has 3 aromatic rings. The summed E-state index contributed by atoms with van der Waals surface area (Å²) in [7, 11) is 0. The Bertz CT molecular complexity index is 1640. The van der Waals surface area contributed by atoms with E-state index in [1.165, 1.54) is 35.2 Å². The second-order valence-electron chi connectivity index (χ2n) is 11.6. The van der Waals surface area contributed by atoms with E-state index in [0.29, 0.717) is 31.7 Å². The van der Waals surface area contributed by atoms with E-state index in [2.05, 4.69) is 0 Å². The largest absolute Gasteiger partial charge is 0.444 e. The number of nitrogens with zero attached hydrogens (tertiary/aromatic N) is 4. The van der Waals surface area contributed by atoms with Crippen LogP contribution in [0.15, 0.2) is 53.3 Å². The molecule has 0 spiro atoms. The predicted octanol–water partition coefficient (Wildman–Crippen LogP) is 5.76. The number of amides is 2. The second-order valence-corrected chi connectivity index (χ2v) is 11.6. The number of alkyl halides is 3. The summed E-state index contributed by atoms with van der Waals surface area (Å²) in [6.45, 7) is 10.2. The van der Waals surface area contributed by atoms with Gasteiger partial charge < -0.3 is 19.1 Å². The number of ether oxygens (including phenoxy) is 1. The van der Waals surface area contributed by atoms with Gasteiger partial charge in [-0.15, -0.1) is 0 Å². The Labute approximate surface area is 247 Å². The second kappa shape index (κ2) is 12.0. The van der Waals surface area contributed by atoms with Crippen LogP contribution in [0.3, 0.4) is 0 Å². The molecule has 43 heavy (non-hydrogen) atoms. The maximum atomic E-state index is 13.9. The van der Waals surface area contributed by atoms with Crippen LogP contribution in [0.4, 0.5) is 18.0 Å². The summed E-state index contributed by atoms with van der Waals surface area (Å²) in [5, 5.41) is 9.49. The van der Waals surface area contributed by atoms with Crippen LogP contribution in [0.2, 0.25) is 0 Å². The molecule has 1 aliphatic rings. The minimum atomic E-state index is -4.92. The Hall–Kier alpha value is -4.59. The van der Waals surface area contributed by atoms with Crippen LogP contribution in [0.25, 0.3) is 11.3 Å². The number of aryl methyl sites for hydroxylation is 2. The molecule has 1 aromatic heterocycles. The molecule has 0 atom stereocenters. The lowest BCUT2D eigenvalue weighted by Gasteiger charge is -2.35. The molecule has 0 aliphatic carbocycles. The first-order valence-electron chi connectivity index (χ1n) is 13.8. The third kappa shape index (κ3) is 7.08. The molecule has 226 valence electrons. The first-order chi connectivity index (χ1) is 20.1. The number of benzene rings is 2. The van der Waals surface area contributed by atoms with Gasteiger partial charge in [0, 0.05) is 31.7 Å². The summed E-state index contributed by atoms with van der Waals surface area (Å²) >= 11 is 0. The number of carbonyl (C=O) groups is 2. The molecule has 2 amide bonds. The number of rotatable bonds is 4. The van der Waals surface area contributed by atoms with Crippen molar-refractivity contribution in [1.29, 1.82) is 5.26 Å². The minimum absolute atomic E-state index is 0.0266. The third-order valence-electron chi connectivity index (χ3n) is 7.19. The number of hydrogen-bond acceptors (Lipinski definition) is 5. The molecule has 0 radical (unpaired) electrons. The highest BCUT2D eigenvalue weighted by atomic mass is 19.4. The number of halogens is 3. The average Bonchev–Trinajstić information content (AvgIpc) is 2.93. The summed E-state index contributed by atoms with van der Waals surface area (Å²) in [6, 6.07) is 13.8.